The summed E-state index contributed by atoms with van der Waals surface area (Å²) in [5.41, 5.74) is 4.01. The van der Waals surface area contributed by atoms with Crippen molar-refractivity contribution < 1.29 is 4.79 Å². The second-order valence-electron chi connectivity index (χ2n) is 6.17. The number of urea groups is 1. The molecule has 0 spiro atoms. The number of nitrogens with one attached hydrogen (secondary N) is 3. The Hall–Kier alpha value is -2.69. The third-order valence-electron chi connectivity index (χ3n) is 3.85. The normalized spacial score (nSPS) is 10.4. The standard InChI is InChI=1S/C20H28N4O/c1-5-24(6-2)19-13-11-17(12-14-19)22-16-7-9-18(10-8-16)23-20(25)21-15(3)4/h7-15,22H,5-6H2,1-4H3,(H2,21,23,25). The van der Waals surface area contributed by atoms with Gasteiger partial charge in [0.2, 0.25) is 0 Å². The quantitative estimate of drug-likeness (QED) is 0.678. The molecule has 0 fully saturated rings. The fourth-order valence-corrected chi connectivity index (χ4v) is 2.58. The smallest absolute Gasteiger partial charge is 0.319 e. The molecule has 5 nitrogen and oxygen atoms in total. The summed E-state index contributed by atoms with van der Waals surface area (Å²) in [6, 6.07) is 16.0. The van der Waals surface area contributed by atoms with E-state index in [2.05, 4.69) is 59.0 Å². The molecule has 0 aliphatic heterocycles. The second kappa shape index (κ2) is 8.97. The summed E-state index contributed by atoms with van der Waals surface area (Å²) < 4.78 is 0. The van der Waals surface area contributed by atoms with Gasteiger partial charge in [0.05, 0.1) is 0 Å². The molecule has 134 valence electrons. The number of carbonyl (C=O) groups excluding carboxylic acids is 1. The molecule has 2 amide bonds. The van der Waals surface area contributed by atoms with Crippen LogP contribution >= 0.6 is 0 Å². The van der Waals surface area contributed by atoms with Gasteiger partial charge in [-0.2, -0.15) is 0 Å². The Kier molecular flexibility index (Phi) is 6.69. The average Bonchev–Trinajstić information content (AvgIpc) is 2.58. The fraction of sp³-hybridized carbons (Fsp3) is 0.350. The predicted molar refractivity (Wildman–Crippen MR) is 107 cm³/mol. The molecular weight excluding hydrogens is 312 g/mol. The molecule has 5 heteroatoms. The van der Waals surface area contributed by atoms with Gasteiger partial charge in [-0.25, -0.2) is 4.79 Å². The first-order chi connectivity index (χ1) is 12.0. The lowest BCUT2D eigenvalue weighted by Crippen LogP contribution is -2.34. The molecular formula is C20H28N4O. The van der Waals surface area contributed by atoms with E-state index in [9.17, 15) is 4.79 Å². The monoisotopic (exact) mass is 340 g/mol. The van der Waals surface area contributed by atoms with Crippen LogP contribution in [0.15, 0.2) is 48.5 Å². The van der Waals surface area contributed by atoms with Crippen LogP contribution in [-0.2, 0) is 0 Å². The van der Waals surface area contributed by atoms with E-state index in [1.165, 1.54) is 5.69 Å². The number of hydrogen-bond donors (Lipinski definition) is 3. The summed E-state index contributed by atoms with van der Waals surface area (Å²) in [5.74, 6) is 0. The van der Waals surface area contributed by atoms with Gasteiger partial charge in [-0.1, -0.05) is 0 Å². The Balaban J connectivity index is 1.95. The maximum Gasteiger partial charge on any atom is 0.319 e. The third-order valence-corrected chi connectivity index (χ3v) is 3.85. The number of anilines is 4. The topological polar surface area (TPSA) is 56.4 Å². The highest BCUT2D eigenvalue weighted by molar-refractivity contribution is 5.89. The first-order valence-electron chi connectivity index (χ1n) is 8.81. The van der Waals surface area contributed by atoms with Crippen LogP contribution in [0.25, 0.3) is 0 Å². The molecule has 0 radical (unpaired) electrons. The zero-order valence-electron chi connectivity index (χ0n) is 15.5. The van der Waals surface area contributed by atoms with Gasteiger partial charge in [0.25, 0.3) is 0 Å². The maximum absolute atomic E-state index is 11.7. The lowest BCUT2D eigenvalue weighted by atomic mass is 10.2. The van der Waals surface area contributed by atoms with E-state index < -0.39 is 0 Å². The van der Waals surface area contributed by atoms with Crippen molar-refractivity contribution in [2.24, 2.45) is 0 Å². The molecule has 0 aliphatic rings. The number of rotatable bonds is 7. The Bertz CT molecular complexity index is 661. The highest BCUT2D eigenvalue weighted by Crippen LogP contribution is 2.22. The average molecular weight is 340 g/mol. The van der Waals surface area contributed by atoms with Crippen molar-refractivity contribution in [1.29, 1.82) is 0 Å². The van der Waals surface area contributed by atoms with Gasteiger partial charge in [0.1, 0.15) is 0 Å². The summed E-state index contributed by atoms with van der Waals surface area (Å²) >= 11 is 0. The predicted octanol–water partition coefficient (Wildman–Crippen LogP) is 4.81. The van der Waals surface area contributed by atoms with E-state index in [-0.39, 0.29) is 12.1 Å². The van der Waals surface area contributed by atoms with E-state index in [0.29, 0.717) is 0 Å². The van der Waals surface area contributed by atoms with Crippen molar-refractivity contribution in [1.82, 2.24) is 5.32 Å². The van der Waals surface area contributed by atoms with Crippen molar-refractivity contribution in [3.63, 3.8) is 0 Å². The molecule has 0 saturated carbocycles. The highest BCUT2D eigenvalue weighted by atomic mass is 16.2. The summed E-state index contributed by atoms with van der Waals surface area (Å²) in [5, 5.41) is 8.99. The Morgan fingerprint density at radius 2 is 1.36 bits per heavy atom. The van der Waals surface area contributed by atoms with Gasteiger partial charge in [0.15, 0.2) is 0 Å². The van der Waals surface area contributed by atoms with E-state index >= 15 is 0 Å². The van der Waals surface area contributed by atoms with Crippen LogP contribution in [0.2, 0.25) is 0 Å². The molecule has 2 rings (SSSR count). The summed E-state index contributed by atoms with van der Waals surface area (Å²) in [4.78, 5) is 14.0. The van der Waals surface area contributed by atoms with Gasteiger partial charge in [-0.15, -0.1) is 0 Å². The lowest BCUT2D eigenvalue weighted by molar-refractivity contribution is 0.250. The second-order valence-corrected chi connectivity index (χ2v) is 6.17. The highest BCUT2D eigenvalue weighted by Gasteiger charge is 2.04. The molecule has 3 N–H and O–H groups in total. The molecule has 0 bridgehead atoms. The van der Waals surface area contributed by atoms with Crippen LogP contribution in [0.5, 0.6) is 0 Å². The van der Waals surface area contributed by atoms with Gasteiger partial charge >= 0.3 is 6.03 Å². The number of benzene rings is 2. The van der Waals surface area contributed by atoms with Gasteiger partial charge < -0.3 is 20.9 Å². The van der Waals surface area contributed by atoms with Crippen LogP contribution in [0.4, 0.5) is 27.5 Å². The van der Waals surface area contributed by atoms with Gasteiger partial charge in [0, 0.05) is 41.9 Å². The first-order valence-corrected chi connectivity index (χ1v) is 8.81. The van der Waals surface area contributed by atoms with Gasteiger partial charge in [-0.3, -0.25) is 0 Å². The van der Waals surface area contributed by atoms with E-state index in [4.69, 9.17) is 0 Å². The van der Waals surface area contributed by atoms with E-state index in [1.807, 2.05) is 38.1 Å². The summed E-state index contributed by atoms with van der Waals surface area (Å²) in [6.45, 7) is 10.2. The number of hydrogen-bond acceptors (Lipinski definition) is 3. The van der Waals surface area contributed by atoms with Crippen molar-refractivity contribution in [3.05, 3.63) is 48.5 Å². The largest absolute Gasteiger partial charge is 0.372 e. The Morgan fingerprint density at radius 3 is 1.84 bits per heavy atom. The maximum atomic E-state index is 11.7. The lowest BCUT2D eigenvalue weighted by Gasteiger charge is -2.21. The third kappa shape index (κ3) is 5.71. The first kappa shape index (κ1) is 18.6. The molecule has 0 atom stereocenters. The van der Waals surface area contributed by atoms with E-state index in [0.717, 1.165) is 30.2 Å². The number of carbonyl (C=O) groups is 1. The van der Waals surface area contributed by atoms with E-state index in [1.54, 1.807) is 0 Å². The molecule has 0 aliphatic carbocycles. The Labute approximate surface area is 150 Å². The summed E-state index contributed by atoms with van der Waals surface area (Å²) in [7, 11) is 0. The van der Waals surface area contributed by atoms with Crippen molar-refractivity contribution in [2.45, 2.75) is 33.7 Å². The number of amides is 2. The van der Waals surface area contributed by atoms with Crippen LogP contribution in [0.1, 0.15) is 27.7 Å². The molecule has 0 heterocycles. The fourth-order valence-electron chi connectivity index (χ4n) is 2.58. The SMILES string of the molecule is CCN(CC)c1ccc(Nc2ccc(NC(=O)NC(C)C)cc2)cc1. The van der Waals surface area contributed by atoms with Crippen LogP contribution < -0.4 is 20.9 Å². The molecule has 2 aromatic carbocycles. The Morgan fingerprint density at radius 1 is 0.880 bits per heavy atom. The van der Waals surface area contributed by atoms with Crippen molar-refractivity contribution in [2.75, 3.05) is 28.6 Å². The zero-order valence-corrected chi connectivity index (χ0v) is 15.5. The van der Waals surface area contributed by atoms with Crippen molar-refractivity contribution in [3.8, 4) is 0 Å². The van der Waals surface area contributed by atoms with Gasteiger partial charge in [-0.05, 0) is 76.2 Å². The molecule has 0 aromatic heterocycles. The zero-order chi connectivity index (χ0) is 18.2. The van der Waals surface area contributed by atoms with Crippen LogP contribution in [0, 0.1) is 0 Å². The van der Waals surface area contributed by atoms with Crippen LogP contribution in [0.3, 0.4) is 0 Å². The molecule has 2 aromatic rings. The molecule has 0 unspecified atom stereocenters. The summed E-state index contributed by atoms with van der Waals surface area (Å²) in [6.07, 6.45) is 0. The molecule has 25 heavy (non-hydrogen) atoms. The number of nitrogens with zero attached hydrogens (tertiary/aromatic N) is 1. The minimum absolute atomic E-state index is 0.111. The molecule has 0 saturated heterocycles. The van der Waals surface area contributed by atoms with Crippen molar-refractivity contribution >= 4 is 28.8 Å². The minimum Gasteiger partial charge on any atom is -0.372 e. The van der Waals surface area contributed by atoms with Crippen LogP contribution in [-0.4, -0.2) is 25.2 Å². The minimum atomic E-state index is -0.192.